The van der Waals surface area contributed by atoms with Crippen LogP contribution in [0.1, 0.15) is 23.6 Å². The smallest absolute Gasteiger partial charge is 0.251 e. The number of aromatic hydroxyl groups is 1. The average Bonchev–Trinajstić information content (AvgIpc) is 2.70. The van der Waals surface area contributed by atoms with Crippen molar-refractivity contribution in [3.05, 3.63) is 59.2 Å². The van der Waals surface area contributed by atoms with Crippen LogP contribution in [0.3, 0.4) is 0 Å². The van der Waals surface area contributed by atoms with Gasteiger partial charge in [0.15, 0.2) is 0 Å². The molecule has 9 heteroatoms. The molecule has 8 nitrogen and oxygen atoms in total. The van der Waals surface area contributed by atoms with Gasteiger partial charge in [-0.25, -0.2) is 8.42 Å². The lowest BCUT2D eigenvalue weighted by molar-refractivity contribution is -0.150. The van der Waals surface area contributed by atoms with Crippen LogP contribution in [0, 0.1) is 13.8 Å². The third-order valence-electron chi connectivity index (χ3n) is 5.93. The second-order valence-corrected chi connectivity index (χ2v) is 10.5. The summed E-state index contributed by atoms with van der Waals surface area (Å²) < 4.78 is 25.5. The van der Waals surface area contributed by atoms with Crippen LogP contribution in [0.4, 0.5) is 5.69 Å². The number of phenolic OH excluding ortho intramolecular Hbond substituents is 1. The summed E-state index contributed by atoms with van der Waals surface area (Å²) in [5, 5.41) is 12.4. The Labute approximate surface area is 188 Å². The van der Waals surface area contributed by atoms with Crippen LogP contribution in [0.5, 0.6) is 5.75 Å². The predicted molar refractivity (Wildman–Crippen MR) is 123 cm³/mol. The van der Waals surface area contributed by atoms with E-state index in [1.165, 1.54) is 4.90 Å². The SMILES string of the molecule is Cc1cccc(C)c1NC(=O)C1(C)CN(S(C)(=O)=O)CC(=O)N1CCc1ccc(O)cc1. The molecule has 0 aromatic heterocycles. The lowest BCUT2D eigenvalue weighted by Gasteiger charge is -2.46. The number of carbonyl (C=O) groups excluding carboxylic acids is 2. The second-order valence-electron chi connectivity index (χ2n) is 8.49. The van der Waals surface area contributed by atoms with Gasteiger partial charge in [0, 0.05) is 18.8 Å². The molecule has 0 radical (unpaired) electrons. The van der Waals surface area contributed by atoms with Crippen LogP contribution in [-0.2, 0) is 26.0 Å². The molecule has 1 fully saturated rings. The maximum Gasteiger partial charge on any atom is 0.251 e. The Morgan fingerprint density at radius 1 is 1.12 bits per heavy atom. The summed E-state index contributed by atoms with van der Waals surface area (Å²) >= 11 is 0. The van der Waals surface area contributed by atoms with Crippen molar-refractivity contribution in [1.29, 1.82) is 0 Å². The van der Waals surface area contributed by atoms with E-state index in [0.29, 0.717) is 12.1 Å². The molecular weight excluding hydrogens is 430 g/mol. The summed E-state index contributed by atoms with van der Waals surface area (Å²) in [5.41, 5.74) is 1.89. The minimum Gasteiger partial charge on any atom is -0.508 e. The molecule has 1 heterocycles. The van der Waals surface area contributed by atoms with Gasteiger partial charge in [-0.1, -0.05) is 30.3 Å². The zero-order chi connectivity index (χ0) is 23.7. The zero-order valence-electron chi connectivity index (χ0n) is 18.8. The first-order chi connectivity index (χ1) is 14.9. The van der Waals surface area contributed by atoms with E-state index in [1.54, 1.807) is 31.2 Å². The molecule has 2 aromatic rings. The maximum atomic E-state index is 13.5. The number of carbonyl (C=O) groups is 2. The first kappa shape index (κ1) is 23.7. The average molecular weight is 460 g/mol. The number of nitrogens with one attached hydrogen (secondary N) is 1. The largest absolute Gasteiger partial charge is 0.508 e. The fraction of sp³-hybridized carbons (Fsp3) is 0.391. The van der Waals surface area contributed by atoms with Crippen molar-refractivity contribution in [2.75, 3.05) is 31.2 Å². The number of benzene rings is 2. The van der Waals surface area contributed by atoms with Crippen LogP contribution in [0.2, 0.25) is 0 Å². The zero-order valence-corrected chi connectivity index (χ0v) is 19.6. The van der Waals surface area contributed by atoms with Crippen molar-refractivity contribution < 1.29 is 23.1 Å². The Hall–Kier alpha value is -2.91. The standard InChI is InChI=1S/C23H29N3O5S/c1-16-6-5-7-17(2)21(16)24-22(29)23(3)15-25(32(4,30)31)14-20(28)26(23)13-12-18-8-10-19(27)11-9-18/h5-11,27H,12-15H2,1-4H3,(H,24,29). The van der Waals surface area contributed by atoms with Gasteiger partial charge in [0.25, 0.3) is 5.91 Å². The monoisotopic (exact) mass is 459 g/mol. The van der Waals surface area contributed by atoms with Gasteiger partial charge in [-0.3, -0.25) is 9.59 Å². The fourth-order valence-electron chi connectivity index (χ4n) is 3.96. The number of anilines is 1. The summed E-state index contributed by atoms with van der Waals surface area (Å²) in [4.78, 5) is 28.0. The van der Waals surface area contributed by atoms with Crippen LogP contribution < -0.4 is 5.32 Å². The van der Waals surface area contributed by atoms with E-state index in [0.717, 1.165) is 27.3 Å². The number of aryl methyl sites for hydroxylation is 2. The highest BCUT2D eigenvalue weighted by Gasteiger charge is 2.49. The number of rotatable bonds is 6. The number of para-hydroxylation sites is 1. The molecule has 2 N–H and O–H groups in total. The Bertz CT molecular complexity index is 1110. The maximum absolute atomic E-state index is 13.5. The van der Waals surface area contributed by atoms with Gasteiger partial charge in [0.2, 0.25) is 15.9 Å². The summed E-state index contributed by atoms with van der Waals surface area (Å²) in [5.74, 6) is -0.730. The Morgan fingerprint density at radius 3 is 2.28 bits per heavy atom. The van der Waals surface area contributed by atoms with Gasteiger partial charge in [-0.15, -0.1) is 0 Å². The molecule has 2 amide bonds. The van der Waals surface area contributed by atoms with Crippen LogP contribution in [-0.4, -0.2) is 66.0 Å². The molecule has 32 heavy (non-hydrogen) atoms. The third-order valence-corrected chi connectivity index (χ3v) is 7.13. The molecule has 1 aliphatic heterocycles. The molecule has 1 aliphatic rings. The van der Waals surface area contributed by atoms with Gasteiger partial charge in [-0.05, 0) is 56.0 Å². The highest BCUT2D eigenvalue weighted by Crippen LogP contribution is 2.28. The van der Waals surface area contributed by atoms with Crippen molar-refractivity contribution in [3.63, 3.8) is 0 Å². The molecule has 0 aliphatic carbocycles. The Kier molecular flexibility index (Phi) is 6.61. The Morgan fingerprint density at radius 2 is 1.72 bits per heavy atom. The molecule has 0 spiro atoms. The van der Waals surface area contributed by atoms with Crippen molar-refractivity contribution in [2.45, 2.75) is 32.7 Å². The van der Waals surface area contributed by atoms with Gasteiger partial charge in [0.1, 0.15) is 11.3 Å². The number of amides is 2. The van der Waals surface area contributed by atoms with Gasteiger partial charge >= 0.3 is 0 Å². The van der Waals surface area contributed by atoms with E-state index < -0.39 is 27.4 Å². The van der Waals surface area contributed by atoms with Crippen LogP contribution in [0.25, 0.3) is 0 Å². The van der Waals surface area contributed by atoms with Crippen molar-refractivity contribution in [3.8, 4) is 5.75 Å². The third kappa shape index (κ3) is 4.94. The van der Waals surface area contributed by atoms with Crippen LogP contribution >= 0.6 is 0 Å². The van der Waals surface area contributed by atoms with Crippen LogP contribution in [0.15, 0.2) is 42.5 Å². The first-order valence-electron chi connectivity index (χ1n) is 10.3. The molecule has 0 saturated carbocycles. The molecule has 3 rings (SSSR count). The van der Waals surface area contributed by atoms with E-state index >= 15 is 0 Å². The van der Waals surface area contributed by atoms with Crippen molar-refractivity contribution >= 4 is 27.5 Å². The number of sulfonamides is 1. The fourth-order valence-corrected chi connectivity index (χ4v) is 4.79. The van der Waals surface area contributed by atoms with Gasteiger partial charge in [0.05, 0.1) is 12.8 Å². The van der Waals surface area contributed by atoms with Crippen molar-refractivity contribution in [2.24, 2.45) is 0 Å². The normalized spacial score (nSPS) is 19.8. The number of hydrogen-bond donors (Lipinski definition) is 2. The quantitative estimate of drug-likeness (QED) is 0.688. The van der Waals surface area contributed by atoms with E-state index in [1.807, 2.05) is 32.0 Å². The lowest BCUT2D eigenvalue weighted by atomic mass is 9.94. The molecule has 1 saturated heterocycles. The minimum atomic E-state index is -3.67. The number of hydrogen-bond acceptors (Lipinski definition) is 5. The second kappa shape index (κ2) is 8.91. The van der Waals surface area contributed by atoms with Gasteiger partial charge < -0.3 is 15.3 Å². The molecule has 1 atom stereocenters. The highest BCUT2D eigenvalue weighted by molar-refractivity contribution is 7.88. The predicted octanol–water partition coefficient (Wildman–Crippen LogP) is 2.05. The summed E-state index contributed by atoms with van der Waals surface area (Å²) in [7, 11) is -3.67. The molecule has 172 valence electrons. The van der Waals surface area contributed by atoms with E-state index in [-0.39, 0.29) is 25.4 Å². The minimum absolute atomic E-state index is 0.135. The lowest BCUT2D eigenvalue weighted by Crippen LogP contribution is -2.69. The molecular formula is C23H29N3O5S. The van der Waals surface area contributed by atoms with Gasteiger partial charge in [-0.2, -0.15) is 4.31 Å². The summed E-state index contributed by atoms with van der Waals surface area (Å²) in [6, 6.07) is 12.3. The first-order valence-corrected chi connectivity index (χ1v) is 12.2. The highest BCUT2D eigenvalue weighted by atomic mass is 32.2. The Balaban J connectivity index is 1.92. The molecule has 2 aromatic carbocycles. The number of nitrogens with zero attached hydrogens (tertiary/aromatic N) is 2. The number of piperazine rings is 1. The number of phenols is 1. The summed E-state index contributed by atoms with van der Waals surface area (Å²) in [6.07, 6.45) is 1.49. The molecule has 0 bridgehead atoms. The molecule has 1 unspecified atom stereocenters. The van der Waals surface area contributed by atoms with Crippen molar-refractivity contribution in [1.82, 2.24) is 9.21 Å². The van der Waals surface area contributed by atoms with E-state index in [4.69, 9.17) is 0 Å². The topological polar surface area (TPSA) is 107 Å². The summed E-state index contributed by atoms with van der Waals surface area (Å²) in [6.45, 7) is 5.15. The van der Waals surface area contributed by atoms with E-state index in [9.17, 15) is 23.1 Å². The van der Waals surface area contributed by atoms with E-state index in [2.05, 4.69) is 5.32 Å².